The number of benzene rings is 2. The van der Waals surface area contributed by atoms with Gasteiger partial charge in [-0.25, -0.2) is 4.79 Å². The molecular formula is C23H20F3NO3. The SMILES string of the molecule is Cc1cc(C(=O)COC(=O)c2cccc(C(F)(F)F)c2)c(C)n1Cc1ccccc1. The van der Waals surface area contributed by atoms with E-state index in [1.54, 1.807) is 13.0 Å². The molecule has 0 aliphatic rings. The van der Waals surface area contributed by atoms with E-state index < -0.39 is 30.1 Å². The summed E-state index contributed by atoms with van der Waals surface area (Å²) in [5.74, 6) is -1.39. The molecule has 0 spiro atoms. The molecule has 0 aliphatic heterocycles. The third-order valence-corrected chi connectivity index (χ3v) is 4.82. The number of aryl methyl sites for hydroxylation is 1. The summed E-state index contributed by atoms with van der Waals surface area (Å²) in [6, 6.07) is 15.4. The minimum Gasteiger partial charge on any atom is -0.454 e. The number of hydrogen-bond acceptors (Lipinski definition) is 3. The van der Waals surface area contributed by atoms with Gasteiger partial charge >= 0.3 is 12.1 Å². The van der Waals surface area contributed by atoms with Crippen molar-refractivity contribution in [3.63, 3.8) is 0 Å². The fraction of sp³-hybridized carbons (Fsp3) is 0.217. The van der Waals surface area contributed by atoms with E-state index in [0.717, 1.165) is 29.1 Å². The monoisotopic (exact) mass is 415 g/mol. The van der Waals surface area contributed by atoms with Crippen LogP contribution >= 0.6 is 0 Å². The number of esters is 1. The zero-order chi connectivity index (χ0) is 21.9. The summed E-state index contributed by atoms with van der Waals surface area (Å²) < 4.78 is 45.3. The Morgan fingerprint density at radius 2 is 1.67 bits per heavy atom. The summed E-state index contributed by atoms with van der Waals surface area (Å²) in [6.07, 6.45) is -4.57. The Balaban J connectivity index is 1.70. The van der Waals surface area contributed by atoms with Gasteiger partial charge in [0.05, 0.1) is 11.1 Å². The molecule has 4 nitrogen and oxygen atoms in total. The minimum absolute atomic E-state index is 0.257. The number of carbonyl (C=O) groups is 2. The van der Waals surface area contributed by atoms with Crippen molar-refractivity contribution in [1.29, 1.82) is 0 Å². The first kappa shape index (κ1) is 21.4. The fourth-order valence-electron chi connectivity index (χ4n) is 3.21. The zero-order valence-corrected chi connectivity index (χ0v) is 16.5. The van der Waals surface area contributed by atoms with Gasteiger partial charge in [0.1, 0.15) is 0 Å². The highest BCUT2D eigenvalue weighted by atomic mass is 19.4. The molecule has 156 valence electrons. The third-order valence-electron chi connectivity index (χ3n) is 4.82. The molecule has 0 aliphatic carbocycles. The van der Waals surface area contributed by atoms with Gasteiger partial charge in [0.15, 0.2) is 6.61 Å². The lowest BCUT2D eigenvalue weighted by Gasteiger charge is -2.10. The molecule has 3 aromatic rings. The number of rotatable bonds is 6. The lowest BCUT2D eigenvalue weighted by Crippen LogP contribution is -2.16. The molecule has 2 aromatic carbocycles. The Labute approximate surface area is 171 Å². The molecule has 0 amide bonds. The molecule has 0 atom stereocenters. The summed E-state index contributed by atoms with van der Waals surface area (Å²) in [6.45, 7) is 3.72. The molecule has 0 N–H and O–H groups in total. The lowest BCUT2D eigenvalue weighted by atomic mass is 10.1. The van der Waals surface area contributed by atoms with Crippen LogP contribution in [0.1, 0.15) is 43.2 Å². The van der Waals surface area contributed by atoms with Crippen molar-refractivity contribution in [1.82, 2.24) is 4.57 Å². The van der Waals surface area contributed by atoms with Crippen LogP contribution in [0.15, 0.2) is 60.7 Å². The van der Waals surface area contributed by atoms with E-state index in [4.69, 9.17) is 4.74 Å². The van der Waals surface area contributed by atoms with E-state index in [9.17, 15) is 22.8 Å². The van der Waals surface area contributed by atoms with Crippen molar-refractivity contribution >= 4 is 11.8 Å². The highest BCUT2D eigenvalue weighted by Crippen LogP contribution is 2.29. The van der Waals surface area contributed by atoms with Crippen molar-refractivity contribution in [2.75, 3.05) is 6.61 Å². The molecular weight excluding hydrogens is 395 g/mol. The van der Waals surface area contributed by atoms with Gasteiger partial charge in [-0.15, -0.1) is 0 Å². The number of ketones is 1. The van der Waals surface area contributed by atoms with Gasteiger partial charge in [-0.2, -0.15) is 13.2 Å². The quantitative estimate of drug-likeness (QED) is 0.410. The van der Waals surface area contributed by atoms with Crippen LogP contribution in [0.4, 0.5) is 13.2 Å². The highest BCUT2D eigenvalue weighted by molar-refractivity contribution is 6.00. The maximum absolute atomic E-state index is 12.8. The van der Waals surface area contributed by atoms with Crippen LogP contribution in [-0.2, 0) is 17.5 Å². The average Bonchev–Trinajstić information content (AvgIpc) is 3.00. The van der Waals surface area contributed by atoms with E-state index in [1.165, 1.54) is 6.07 Å². The number of carbonyl (C=O) groups excluding carboxylic acids is 2. The molecule has 0 radical (unpaired) electrons. The van der Waals surface area contributed by atoms with Crippen molar-refractivity contribution in [3.05, 3.63) is 94.3 Å². The number of nitrogens with zero attached hydrogens (tertiary/aromatic N) is 1. The molecule has 30 heavy (non-hydrogen) atoms. The molecule has 0 fully saturated rings. The summed E-state index contributed by atoms with van der Waals surface area (Å²) >= 11 is 0. The fourth-order valence-corrected chi connectivity index (χ4v) is 3.21. The molecule has 0 saturated carbocycles. The summed E-state index contributed by atoms with van der Waals surface area (Å²) in [5.41, 5.74) is 1.90. The second-order valence-corrected chi connectivity index (χ2v) is 6.93. The van der Waals surface area contributed by atoms with Crippen molar-refractivity contribution in [3.8, 4) is 0 Å². The Hall–Kier alpha value is -3.35. The Bertz CT molecular complexity index is 1070. The van der Waals surface area contributed by atoms with Crippen LogP contribution in [0.2, 0.25) is 0 Å². The van der Waals surface area contributed by atoms with Gasteiger partial charge in [0.25, 0.3) is 0 Å². The Kier molecular flexibility index (Phi) is 6.10. The van der Waals surface area contributed by atoms with Crippen LogP contribution in [0.25, 0.3) is 0 Å². The number of Topliss-reactive ketones (excluding diaryl/α,β-unsaturated/α-hetero) is 1. The Morgan fingerprint density at radius 3 is 2.33 bits per heavy atom. The first-order valence-electron chi connectivity index (χ1n) is 9.25. The zero-order valence-electron chi connectivity index (χ0n) is 16.5. The van der Waals surface area contributed by atoms with Gasteiger partial charge < -0.3 is 9.30 Å². The van der Waals surface area contributed by atoms with Crippen molar-refractivity contribution in [2.45, 2.75) is 26.6 Å². The third kappa shape index (κ3) is 4.79. The minimum atomic E-state index is -4.57. The normalized spacial score (nSPS) is 11.4. The molecule has 0 bridgehead atoms. The predicted molar refractivity (Wildman–Crippen MR) is 106 cm³/mol. The standard InChI is InChI=1S/C23H20F3NO3/c1-15-11-20(16(2)27(15)13-17-7-4-3-5-8-17)21(28)14-30-22(29)18-9-6-10-19(12-18)23(24,25)26/h3-12H,13-14H2,1-2H3. The van der Waals surface area contributed by atoms with E-state index >= 15 is 0 Å². The number of hydrogen-bond donors (Lipinski definition) is 0. The number of aromatic nitrogens is 1. The largest absolute Gasteiger partial charge is 0.454 e. The van der Waals surface area contributed by atoms with Crippen LogP contribution < -0.4 is 0 Å². The van der Waals surface area contributed by atoms with E-state index in [1.807, 2.05) is 41.8 Å². The number of ether oxygens (including phenoxy) is 1. The number of halogens is 3. The molecule has 0 saturated heterocycles. The van der Waals surface area contributed by atoms with Gasteiger partial charge in [-0.05, 0) is 43.7 Å². The maximum atomic E-state index is 12.8. The van der Waals surface area contributed by atoms with E-state index in [-0.39, 0.29) is 5.56 Å². The van der Waals surface area contributed by atoms with Crippen LogP contribution in [0, 0.1) is 13.8 Å². The topological polar surface area (TPSA) is 48.3 Å². The first-order valence-corrected chi connectivity index (χ1v) is 9.25. The second kappa shape index (κ2) is 8.57. The average molecular weight is 415 g/mol. The molecule has 0 unspecified atom stereocenters. The summed E-state index contributed by atoms with van der Waals surface area (Å²) in [7, 11) is 0. The Morgan fingerprint density at radius 1 is 0.967 bits per heavy atom. The van der Waals surface area contributed by atoms with Gasteiger partial charge in [-0.3, -0.25) is 4.79 Å². The van der Waals surface area contributed by atoms with E-state index in [2.05, 4.69) is 0 Å². The molecule has 1 aromatic heterocycles. The molecule has 3 rings (SSSR count). The van der Waals surface area contributed by atoms with Crippen molar-refractivity contribution < 1.29 is 27.5 Å². The van der Waals surface area contributed by atoms with Gasteiger partial charge in [0.2, 0.25) is 5.78 Å². The van der Waals surface area contributed by atoms with E-state index in [0.29, 0.717) is 18.2 Å². The van der Waals surface area contributed by atoms with Gasteiger partial charge in [0, 0.05) is 23.5 Å². The van der Waals surface area contributed by atoms with Crippen LogP contribution in [-0.4, -0.2) is 22.9 Å². The molecule has 1 heterocycles. The summed E-state index contributed by atoms with van der Waals surface area (Å²) in [4.78, 5) is 24.7. The predicted octanol–water partition coefficient (Wildman–Crippen LogP) is 5.21. The number of alkyl halides is 3. The first-order chi connectivity index (χ1) is 14.2. The molecule has 7 heteroatoms. The summed E-state index contributed by atoms with van der Waals surface area (Å²) in [5, 5.41) is 0. The second-order valence-electron chi connectivity index (χ2n) is 6.93. The van der Waals surface area contributed by atoms with Gasteiger partial charge in [-0.1, -0.05) is 36.4 Å². The lowest BCUT2D eigenvalue weighted by molar-refractivity contribution is -0.137. The highest BCUT2D eigenvalue weighted by Gasteiger charge is 2.31. The van der Waals surface area contributed by atoms with Crippen LogP contribution in [0.3, 0.4) is 0 Å². The van der Waals surface area contributed by atoms with Crippen molar-refractivity contribution in [2.24, 2.45) is 0 Å². The smallest absolute Gasteiger partial charge is 0.416 e. The maximum Gasteiger partial charge on any atom is 0.416 e. The van der Waals surface area contributed by atoms with Crippen LogP contribution in [0.5, 0.6) is 0 Å².